The maximum Gasteiger partial charge on any atom is 0.280 e. The summed E-state index contributed by atoms with van der Waals surface area (Å²) < 4.78 is 75.4. The Kier molecular flexibility index (Phi) is 12.5. The van der Waals surface area contributed by atoms with Crippen LogP contribution >= 0.6 is 11.3 Å². The van der Waals surface area contributed by atoms with Crippen molar-refractivity contribution in [2.45, 2.75) is 32.6 Å². The van der Waals surface area contributed by atoms with Crippen LogP contribution in [0.3, 0.4) is 0 Å². The van der Waals surface area contributed by atoms with Gasteiger partial charge in [-0.3, -0.25) is 9.59 Å². The smallest absolute Gasteiger partial charge is 0.280 e. The maximum absolute atomic E-state index is 14.3. The second-order valence-corrected chi connectivity index (χ2v) is 11.6. The Hall–Kier alpha value is -5.83. The highest BCUT2D eigenvalue weighted by Crippen LogP contribution is 2.41. The Labute approximate surface area is 293 Å². The van der Waals surface area contributed by atoms with Gasteiger partial charge in [0.2, 0.25) is 0 Å². The summed E-state index contributed by atoms with van der Waals surface area (Å²) in [6.45, 7) is 4.25. The molecule has 6 rings (SSSR count). The number of rotatable bonds is 4. The number of amides is 2. The van der Waals surface area contributed by atoms with Crippen LogP contribution in [0.25, 0.3) is 21.2 Å². The monoisotopic (exact) mass is 724 g/mol. The summed E-state index contributed by atoms with van der Waals surface area (Å²) in [5, 5.41) is 2.44. The fourth-order valence-corrected chi connectivity index (χ4v) is 6.30. The van der Waals surface area contributed by atoms with Crippen molar-refractivity contribution in [2.75, 3.05) is 6.61 Å². The molecule has 266 valence electrons. The van der Waals surface area contributed by atoms with E-state index in [9.17, 15) is 31.5 Å². The van der Waals surface area contributed by atoms with Gasteiger partial charge in [-0.1, -0.05) is 26.0 Å². The van der Waals surface area contributed by atoms with Gasteiger partial charge in [-0.15, -0.1) is 11.3 Å². The second-order valence-electron chi connectivity index (χ2n) is 10.7. The van der Waals surface area contributed by atoms with Gasteiger partial charge in [-0.2, -0.15) is 9.98 Å². The molecule has 2 heterocycles. The third-order valence-corrected chi connectivity index (χ3v) is 8.40. The van der Waals surface area contributed by atoms with Crippen LogP contribution < -0.4 is 22.9 Å². The molecular formula is C36H33F5N6O3S. The molecule has 15 heteroatoms. The van der Waals surface area contributed by atoms with E-state index in [1.165, 1.54) is 35.6 Å². The minimum atomic E-state index is -0.994. The summed E-state index contributed by atoms with van der Waals surface area (Å²) >= 11 is 1.40. The number of fused-ring (bicyclic) bond motifs is 1. The number of halogens is 5. The van der Waals surface area contributed by atoms with Gasteiger partial charge >= 0.3 is 0 Å². The van der Waals surface area contributed by atoms with E-state index < -0.39 is 52.8 Å². The van der Waals surface area contributed by atoms with E-state index in [0.29, 0.717) is 40.8 Å². The van der Waals surface area contributed by atoms with Crippen LogP contribution in [0.1, 0.15) is 48.5 Å². The highest BCUT2D eigenvalue weighted by atomic mass is 32.1. The van der Waals surface area contributed by atoms with Crippen molar-refractivity contribution < 1.29 is 36.3 Å². The third-order valence-electron chi connectivity index (χ3n) is 7.43. The van der Waals surface area contributed by atoms with Crippen LogP contribution in [0, 0.1) is 29.1 Å². The highest BCUT2D eigenvalue weighted by molar-refractivity contribution is 7.17. The zero-order valence-electron chi connectivity index (χ0n) is 27.4. The fraction of sp³-hybridized carbons (Fsp3) is 0.167. The first-order chi connectivity index (χ1) is 24.3. The molecule has 1 aromatic heterocycles. The number of guanidine groups is 2. The van der Waals surface area contributed by atoms with Crippen LogP contribution in [0.2, 0.25) is 0 Å². The zero-order chi connectivity index (χ0) is 37.4. The van der Waals surface area contributed by atoms with Crippen molar-refractivity contribution in [1.82, 2.24) is 0 Å². The van der Waals surface area contributed by atoms with Gasteiger partial charge in [0.15, 0.2) is 11.9 Å². The normalized spacial score (nSPS) is 14.7. The largest absolute Gasteiger partial charge is 0.497 e. The molecule has 2 amide bonds. The van der Waals surface area contributed by atoms with Crippen molar-refractivity contribution in [3.05, 3.63) is 129 Å². The van der Waals surface area contributed by atoms with E-state index in [4.69, 9.17) is 27.7 Å². The minimum absolute atomic E-state index is 0.154. The molecule has 0 saturated carbocycles. The maximum atomic E-state index is 14.3. The first-order valence-corrected chi connectivity index (χ1v) is 16.3. The van der Waals surface area contributed by atoms with Crippen molar-refractivity contribution in [1.29, 1.82) is 0 Å². The van der Waals surface area contributed by atoms with Gasteiger partial charge in [0.25, 0.3) is 11.8 Å². The lowest BCUT2D eigenvalue weighted by molar-refractivity contribution is -0.114. The molecule has 8 N–H and O–H groups in total. The fourth-order valence-electron chi connectivity index (χ4n) is 5.36. The van der Waals surface area contributed by atoms with E-state index in [1.807, 2.05) is 13.8 Å². The first-order valence-electron chi connectivity index (χ1n) is 15.5. The number of hydrogen-bond acceptors (Lipinski definition) is 4. The topological polar surface area (TPSA) is 172 Å². The number of thiophene rings is 1. The minimum Gasteiger partial charge on any atom is -0.497 e. The van der Waals surface area contributed by atoms with Crippen LogP contribution in [0.5, 0.6) is 0 Å². The van der Waals surface area contributed by atoms with Gasteiger partial charge < -0.3 is 27.7 Å². The quantitative estimate of drug-likeness (QED) is 0.101. The number of ether oxygens (including phenoxy) is 1. The lowest BCUT2D eigenvalue weighted by Gasteiger charge is -2.28. The van der Waals surface area contributed by atoms with Crippen molar-refractivity contribution >= 4 is 45.2 Å². The summed E-state index contributed by atoms with van der Waals surface area (Å²) in [6.07, 6.45) is 5.27. The lowest BCUT2D eigenvalue weighted by Crippen LogP contribution is -2.24. The van der Waals surface area contributed by atoms with Crippen LogP contribution in [-0.4, -0.2) is 30.3 Å². The van der Waals surface area contributed by atoms with E-state index in [1.54, 1.807) is 29.7 Å². The van der Waals surface area contributed by atoms with Crippen molar-refractivity contribution in [3.8, 4) is 11.1 Å². The number of aliphatic imine (C=N–C) groups is 2. The first kappa shape index (κ1) is 38.0. The number of nitrogens with zero attached hydrogens (tertiary/aromatic N) is 2. The van der Waals surface area contributed by atoms with E-state index >= 15 is 0 Å². The third kappa shape index (κ3) is 9.05. The van der Waals surface area contributed by atoms with Crippen LogP contribution in [-0.2, 0) is 9.53 Å². The Balaban J connectivity index is 0.000000220. The molecule has 1 aliphatic heterocycles. The van der Waals surface area contributed by atoms with Gasteiger partial charge in [0, 0.05) is 68.5 Å². The molecule has 9 nitrogen and oxygen atoms in total. The Morgan fingerprint density at radius 1 is 0.804 bits per heavy atom. The molecule has 1 unspecified atom stereocenters. The van der Waals surface area contributed by atoms with Gasteiger partial charge in [0.05, 0.1) is 6.61 Å². The molecule has 0 radical (unpaired) electrons. The SMILES string of the molecule is CC.NC(N)=NC(=O)C1=CC2=C(CC=C1)OCCC2c1c(F)cc(F)cc1F.NC(N)=NC(=O)c1ccc2scc(-c3ccc(F)cc3F)c2c1. The molecule has 0 bridgehead atoms. The Morgan fingerprint density at radius 2 is 1.45 bits per heavy atom. The lowest BCUT2D eigenvalue weighted by atomic mass is 9.84. The summed E-state index contributed by atoms with van der Waals surface area (Å²) in [4.78, 5) is 31.0. The Morgan fingerprint density at radius 3 is 2.10 bits per heavy atom. The van der Waals surface area contributed by atoms with Crippen molar-refractivity contribution in [2.24, 2.45) is 32.9 Å². The van der Waals surface area contributed by atoms with Crippen LogP contribution in [0.4, 0.5) is 22.0 Å². The van der Waals surface area contributed by atoms with Gasteiger partial charge in [-0.05, 0) is 53.8 Å². The highest BCUT2D eigenvalue weighted by Gasteiger charge is 2.31. The molecule has 3 aromatic carbocycles. The molecule has 0 spiro atoms. The van der Waals surface area contributed by atoms with Crippen molar-refractivity contribution in [3.63, 3.8) is 0 Å². The van der Waals surface area contributed by atoms with E-state index in [2.05, 4.69) is 9.98 Å². The number of carbonyl (C=O) groups excluding carboxylic acids is 2. The molecule has 0 fully saturated rings. The molecule has 1 atom stereocenters. The summed E-state index contributed by atoms with van der Waals surface area (Å²) in [7, 11) is 0. The Bertz CT molecular complexity index is 2110. The van der Waals surface area contributed by atoms with E-state index in [0.717, 1.165) is 10.8 Å². The molecule has 2 aliphatic rings. The molecule has 51 heavy (non-hydrogen) atoms. The number of benzene rings is 3. The van der Waals surface area contributed by atoms with Gasteiger partial charge in [0.1, 0.15) is 34.8 Å². The summed E-state index contributed by atoms with van der Waals surface area (Å²) in [5.41, 5.74) is 22.3. The number of hydrogen-bond donors (Lipinski definition) is 4. The number of nitrogens with two attached hydrogens (primary N) is 4. The zero-order valence-corrected chi connectivity index (χ0v) is 28.2. The second kappa shape index (κ2) is 16.7. The predicted molar refractivity (Wildman–Crippen MR) is 188 cm³/mol. The summed E-state index contributed by atoms with van der Waals surface area (Å²) in [5.74, 6) is -6.47. The molecular weight excluding hydrogens is 691 g/mol. The average molecular weight is 725 g/mol. The summed E-state index contributed by atoms with van der Waals surface area (Å²) in [6, 6.07) is 9.59. The van der Waals surface area contributed by atoms with Gasteiger partial charge in [-0.25, -0.2) is 22.0 Å². The standard InChI is InChI=1S/C18H16F3N3O2.C16H11F2N3OS.C2H6/c19-10-7-13(20)16(14(21)8-10)11-4-5-26-15-3-1-2-9(6-12(11)15)17(25)24-18(22)23;17-9-2-3-10(13(18)6-9)12-7-23-14-4-1-8(5-11(12)14)15(22)21-16(19)20;1-2/h1-2,6-8,11H,3-5H2,(H4,22,23,24,25);1-7H,(H4,19,20,21,22);1-2H3. The number of allylic oxidation sites excluding steroid dienone is 3. The number of carbonyl (C=O) groups is 2. The van der Waals surface area contributed by atoms with Crippen LogP contribution in [0.15, 0.2) is 99.0 Å². The van der Waals surface area contributed by atoms with E-state index in [-0.39, 0.29) is 41.3 Å². The molecule has 4 aromatic rings. The molecule has 1 aliphatic carbocycles. The average Bonchev–Trinajstić information content (AvgIpc) is 3.35. The predicted octanol–water partition coefficient (Wildman–Crippen LogP) is 6.83. The molecule has 0 saturated heterocycles.